The molecule has 0 saturated carbocycles. The first kappa shape index (κ1) is 24.6. The van der Waals surface area contributed by atoms with E-state index in [1.54, 1.807) is 0 Å². The molecule has 0 aliphatic carbocycles. The first-order chi connectivity index (χ1) is 16.7. The second-order valence-electron chi connectivity index (χ2n) is 9.43. The lowest BCUT2D eigenvalue weighted by Gasteiger charge is -2.42. The number of likely N-dealkylation sites (tertiary alicyclic amines) is 1. The topological polar surface area (TPSA) is 60.0 Å². The zero-order chi connectivity index (χ0) is 23.6. The number of nitrogens with one attached hydrogen (secondary N) is 1. The van der Waals surface area contributed by atoms with E-state index in [1.165, 1.54) is 5.56 Å². The molecule has 1 fully saturated rings. The van der Waals surface area contributed by atoms with Gasteiger partial charge in [0.25, 0.3) is 5.91 Å². The summed E-state index contributed by atoms with van der Waals surface area (Å²) in [6.07, 6.45) is 5.45. The zero-order valence-electron chi connectivity index (χ0n) is 20.4. The summed E-state index contributed by atoms with van der Waals surface area (Å²) in [4.78, 5) is 15.2. The van der Waals surface area contributed by atoms with E-state index >= 15 is 0 Å². The Morgan fingerprint density at radius 2 is 1.79 bits per heavy atom. The molecular formula is C28H38N2O4. The van der Waals surface area contributed by atoms with E-state index in [0.29, 0.717) is 37.7 Å². The molecule has 2 aliphatic rings. The van der Waals surface area contributed by atoms with Gasteiger partial charge in [0.05, 0.1) is 25.4 Å². The van der Waals surface area contributed by atoms with Crippen molar-refractivity contribution < 1.29 is 19.0 Å². The van der Waals surface area contributed by atoms with Crippen molar-refractivity contribution in [1.29, 1.82) is 0 Å². The van der Waals surface area contributed by atoms with Gasteiger partial charge in [-0.2, -0.15) is 0 Å². The Bertz CT molecular complexity index is 924. The Morgan fingerprint density at radius 3 is 2.65 bits per heavy atom. The van der Waals surface area contributed by atoms with Gasteiger partial charge >= 0.3 is 0 Å². The van der Waals surface area contributed by atoms with Gasteiger partial charge in [-0.25, -0.2) is 0 Å². The second-order valence-corrected chi connectivity index (χ2v) is 9.43. The van der Waals surface area contributed by atoms with Gasteiger partial charge in [0.2, 0.25) is 0 Å². The molecule has 0 radical (unpaired) electrons. The van der Waals surface area contributed by atoms with E-state index in [4.69, 9.17) is 14.2 Å². The van der Waals surface area contributed by atoms with Crippen molar-refractivity contribution in [2.45, 2.75) is 45.6 Å². The van der Waals surface area contributed by atoms with Crippen molar-refractivity contribution >= 4 is 5.91 Å². The van der Waals surface area contributed by atoms with Gasteiger partial charge < -0.3 is 19.5 Å². The average molecular weight is 467 g/mol. The number of fused-ring (bicyclic) bond motifs is 1. The number of rotatable bonds is 4. The molecule has 1 spiro atoms. The minimum Gasteiger partial charge on any atom is -0.494 e. The van der Waals surface area contributed by atoms with Gasteiger partial charge in [-0.05, 0) is 63.9 Å². The molecule has 2 aromatic rings. The highest BCUT2D eigenvalue weighted by Gasteiger charge is 2.35. The summed E-state index contributed by atoms with van der Waals surface area (Å²) in [5.41, 5.74) is 1.96. The number of para-hydroxylation sites is 2. The van der Waals surface area contributed by atoms with Crippen molar-refractivity contribution in [3.05, 3.63) is 59.7 Å². The Hall–Kier alpha value is -2.57. The molecule has 1 saturated heterocycles. The molecule has 4 rings (SSSR count). The van der Waals surface area contributed by atoms with Crippen LogP contribution in [0.5, 0.6) is 11.5 Å². The smallest absolute Gasteiger partial charge is 0.255 e. The predicted octanol–water partition coefficient (Wildman–Crippen LogP) is 4.68. The molecule has 2 heterocycles. The van der Waals surface area contributed by atoms with Gasteiger partial charge in [0.1, 0.15) is 11.5 Å². The Kier molecular flexibility index (Phi) is 8.83. The maximum Gasteiger partial charge on any atom is 0.255 e. The van der Waals surface area contributed by atoms with Crippen LogP contribution in [-0.2, 0) is 11.3 Å². The number of piperidine rings is 1. The molecule has 184 valence electrons. The number of carbonyl (C=O) groups is 1. The number of amides is 1. The SMILES string of the molecule is CCOc1ccccc1CN1CCC2(CCCCOCCNC(=O)c3ccccc3OC2)CC1. The normalized spacial score (nSPS) is 20.0. The van der Waals surface area contributed by atoms with Crippen LogP contribution in [0.1, 0.15) is 54.9 Å². The van der Waals surface area contributed by atoms with E-state index in [-0.39, 0.29) is 11.3 Å². The van der Waals surface area contributed by atoms with Gasteiger partial charge in [0, 0.05) is 30.7 Å². The lowest BCUT2D eigenvalue weighted by Crippen LogP contribution is -2.43. The van der Waals surface area contributed by atoms with Crippen molar-refractivity contribution in [3.63, 3.8) is 0 Å². The lowest BCUT2D eigenvalue weighted by atomic mass is 9.75. The molecule has 34 heavy (non-hydrogen) atoms. The van der Waals surface area contributed by atoms with E-state index in [0.717, 1.165) is 64.1 Å². The van der Waals surface area contributed by atoms with Crippen molar-refractivity contribution in [2.75, 3.05) is 46.1 Å². The number of nitrogens with zero attached hydrogens (tertiary/aromatic N) is 1. The minimum atomic E-state index is -0.104. The molecule has 1 N–H and O–H groups in total. The molecule has 0 bridgehead atoms. The third-order valence-corrected chi connectivity index (χ3v) is 7.03. The fourth-order valence-corrected chi connectivity index (χ4v) is 4.97. The number of ether oxygens (including phenoxy) is 3. The van der Waals surface area contributed by atoms with Crippen molar-refractivity contribution in [2.24, 2.45) is 5.41 Å². The van der Waals surface area contributed by atoms with Crippen molar-refractivity contribution in [1.82, 2.24) is 10.2 Å². The van der Waals surface area contributed by atoms with Gasteiger partial charge in [-0.15, -0.1) is 0 Å². The van der Waals surface area contributed by atoms with E-state index in [9.17, 15) is 4.79 Å². The van der Waals surface area contributed by atoms with Crippen LogP contribution in [0.2, 0.25) is 0 Å². The predicted molar refractivity (Wildman–Crippen MR) is 133 cm³/mol. The third-order valence-electron chi connectivity index (χ3n) is 7.03. The highest BCUT2D eigenvalue weighted by molar-refractivity contribution is 5.96. The monoisotopic (exact) mass is 466 g/mol. The third kappa shape index (κ3) is 6.51. The Labute approximate surface area is 203 Å². The summed E-state index contributed by atoms with van der Waals surface area (Å²) in [5, 5.41) is 2.95. The first-order valence-electron chi connectivity index (χ1n) is 12.7. The van der Waals surface area contributed by atoms with Crippen LogP contribution in [0.3, 0.4) is 0 Å². The Balaban J connectivity index is 1.44. The zero-order valence-corrected chi connectivity index (χ0v) is 20.4. The average Bonchev–Trinajstić information content (AvgIpc) is 2.87. The van der Waals surface area contributed by atoms with Crippen LogP contribution < -0.4 is 14.8 Å². The standard InChI is InChI=1S/C28H38N2O4/c1-2-33-25-11-5-3-9-23(25)21-30-17-14-28(15-18-30)13-7-8-19-32-20-16-29-27(31)24-10-4-6-12-26(24)34-22-28/h3-6,9-12H,2,7-8,13-22H2,1H3,(H,29,31). The highest BCUT2D eigenvalue weighted by Crippen LogP contribution is 2.38. The molecule has 0 unspecified atom stereocenters. The van der Waals surface area contributed by atoms with Crippen LogP contribution in [0.4, 0.5) is 0 Å². The van der Waals surface area contributed by atoms with Crippen LogP contribution >= 0.6 is 0 Å². The maximum atomic E-state index is 12.7. The highest BCUT2D eigenvalue weighted by atomic mass is 16.5. The number of hydrogen-bond donors (Lipinski definition) is 1. The summed E-state index contributed by atoms with van der Waals surface area (Å²) in [7, 11) is 0. The van der Waals surface area contributed by atoms with Gasteiger partial charge in [-0.3, -0.25) is 9.69 Å². The number of carbonyl (C=O) groups excluding carboxylic acids is 1. The summed E-state index contributed by atoms with van der Waals surface area (Å²) < 4.78 is 17.9. The molecule has 1 amide bonds. The molecule has 6 nitrogen and oxygen atoms in total. The molecule has 0 aromatic heterocycles. The van der Waals surface area contributed by atoms with Crippen molar-refractivity contribution in [3.8, 4) is 11.5 Å². The quantitative estimate of drug-likeness (QED) is 0.709. The van der Waals surface area contributed by atoms with Crippen LogP contribution in [-0.4, -0.2) is 56.9 Å². The minimum absolute atomic E-state index is 0.104. The molecule has 6 heteroatoms. The van der Waals surface area contributed by atoms with Crippen LogP contribution in [0.25, 0.3) is 0 Å². The first-order valence-corrected chi connectivity index (χ1v) is 12.7. The van der Waals surface area contributed by atoms with E-state index in [2.05, 4.69) is 28.4 Å². The van der Waals surface area contributed by atoms with Crippen LogP contribution in [0.15, 0.2) is 48.5 Å². The lowest BCUT2D eigenvalue weighted by molar-refractivity contribution is 0.0381. The summed E-state index contributed by atoms with van der Waals surface area (Å²) in [5.74, 6) is 1.56. The summed E-state index contributed by atoms with van der Waals surface area (Å²) in [6, 6.07) is 15.9. The molecule has 0 atom stereocenters. The molecule has 2 aliphatic heterocycles. The largest absolute Gasteiger partial charge is 0.494 e. The molecular weight excluding hydrogens is 428 g/mol. The van der Waals surface area contributed by atoms with Gasteiger partial charge in [-0.1, -0.05) is 36.8 Å². The number of benzene rings is 2. The van der Waals surface area contributed by atoms with Crippen LogP contribution in [0, 0.1) is 5.41 Å². The number of hydrogen-bond acceptors (Lipinski definition) is 5. The van der Waals surface area contributed by atoms with E-state index in [1.807, 2.05) is 37.3 Å². The summed E-state index contributed by atoms with van der Waals surface area (Å²) in [6.45, 7) is 8.11. The van der Waals surface area contributed by atoms with Gasteiger partial charge in [0.15, 0.2) is 0 Å². The van der Waals surface area contributed by atoms with E-state index < -0.39 is 0 Å². The Morgan fingerprint density at radius 1 is 1.00 bits per heavy atom. The molecule has 2 aromatic carbocycles. The second kappa shape index (κ2) is 12.2. The fourth-order valence-electron chi connectivity index (χ4n) is 4.97. The fraction of sp³-hybridized carbons (Fsp3) is 0.536. The maximum absolute atomic E-state index is 12.7. The summed E-state index contributed by atoms with van der Waals surface area (Å²) >= 11 is 0.